The second-order valence-corrected chi connectivity index (χ2v) is 3.06. The number of rotatable bonds is 1. The summed E-state index contributed by atoms with van der Waals surface area (Å²) in [6, 6.07) is 4.62. The molecule has 5 heteroatoms. The third-order valence-electron chi connectivity index (χ3n) is 1.30. The van der Waals surface area contributed by atoms with E-state index in [1.54, 1.807) is 6.07 Å². The summed E-state index contributed by atoms with van der Waals surface area (Å²) in [7, 11) is 1.46. The van der Waals surface area contributed by atoms with Crippen LogP contribution in [0.25, 0.3) is 0 Å². The molecule has 0 atom stereocenters. The van der Waals surface area contributed by atoms with Crippen molar-refractivity contribution in [2.45, 2.75) is 0 Å². The van der Waals surface area contributed by atoms with Gasteiger partial charge in [-0.05, 0) is 18.2 Å². The Balaban J connectivity index is 2.83. The Morgan fingerprint density at radius 3 is 2.69 bits per heavy atom. The van der Waals surface area contributed by atoms with Gasteiger partial charge in [0.05, 0.1) is 5.02 Å². The van der Waals surface area contributed by atoms with Gasteiger partial charge >= 0.3 is 6.09 Å². The maximum Gasteiger partial charge on any atom is 0.412 e. The first-order valence-electron chi connectivity index (χ1n) is 3.48. The average Bonchev–Trinajstić information content (AvgIpc) is 2.09. The Morgan fingerprint density at radius 2 is 2.15 bits per heavy atom. The van der Waals surface area contributed by atoms with E-state index in [1.165, 1.54) is 19.2 Å². The molecule has 0 saturated heterocycles. The highest BCUT2D eigenvalue weighted by Gasteiger charge is 2.05. The molecule has 0 spiro atoms. The minimum Gasteiger partial charge on any atom is -0.409 e. The van der Waals surface area contributed by atoms with Gasteiger partial charge in [-0.3, -0.25) is 0 Å². The predicted molar refractivity (Wildman–Crippen MR) is 51.5 cm³/mol. The van der Waals surface area contributed by atoms with Gasteiger partial charge in [-0.1, -0.05) is 23.2 Å². The van der Waals surface area contributed by atoms with Crippen LogP contribution in [0.1, 0.15) is 0 Å². The van der Waals surface area contributed by atoms with Crippen molar-refractivity contribution in [3.05, 3.63) is 28.2 Å². The molecule has 3 nitrogen and oxygen atoms in total. The SMILES string of the molecule is CNC(=O)Oc1ccc(Cl)cc1Cl. The molecule has 1 aromatic rings. The number of carbonyl (C=O) groups excluding carboxylic acids is 1. The highest BCUT2D eigenvalue weighted by Crippen LogP contribution is 2.27. The quantitative estimate of drug-likeness (QED) is 0.789. The lowest BCUT2D eigenvalue weighted by molar-refractivity contribution is 0.203. The molecule has 13 heavy (non-hydrogen) atoms. The summed E-state index contributed by atoms with van der Waals surface area (Å²) in [5.74, 6) is 0.283. The van der Waals surface area contributed by atoms with Crippen molar-refractivity contribution >= 4 is 29.3 Å². The molecule has 0 radical (unpaired) electrons. The summed E-state index contributed by atoms with van der Waals surface area (Å²) in [6.45, 7) is 0. The molecule has 0 aliphatic heterocycles. The fourth-order valence-corrected chi connectivity index (χ4v) is 1.16. The van der Waals surface area contributed by atoms with Gasteiger partial charge in [-0.25, -0.2) is 4.79 Å². The topological polar surface area (TPSA) is 38.3 Å². The minimum atomic E-state index is -0.566. The Kier molecular flexibility index (Phi) is 3.39. The van der Waals surface area contributed by atoms with Gasteiger partial charge in [0.25, 0.3) is 0 Å². The number of ether oxygens (including phenoxy) is 1. The summed E-state index contributed by atoms with van der Waals surface area (Å²) in [4.78, 5) is 10.8. The Hall–Kier alpha value is -0.930. The van der Waals surface area contributed by atoms with E-state index < -0.39 is 6.09 Å². The largest absolute Gasteiger partial charge is 0.412 e. The molecule has 1 N–H and O–H groups in total. The molecule has 70 valence electrons. The second-order valence-electron chi connectivity index (χ2n) is 2.21. The first kappa shape index (κ1) is 10.2. The number of halogens is 2. The zero-order valence-electron chi connectivity index (χ0n) is 6.80. The summed E-state index contributed by atoms with van der Waals surface area (Å²) < 4.78 is 4.81. The number of nitrogens with one attached hydrogen (secondary N) is 1. The van der Waals surface area contributed by atoms with E-state index in [0.29, 0.717) is 10.0 Å². The maximum atomic E-state index is 10.8. The summed E-state index contributed by atoms with van der Waals surface area (Å²) in [5, 5.41) is 3.10. The molecule has 0 heterocycles. The normalized spacial score (nSPS) is 9.46. The monoisotopic (exact) mass is 219 g/mol. The van der Waals surface area contributed by atoms with Crippen molar-refractivity contribution in [1.29, 1.82) is 0 Å². The Morgan fingerprint density at radius 1 is 1.46 bits per heavy atom. The van der Waals surface area contributed by atoms with Gasteiger partial charge in [0, 0.05) is 12.1 Å². The Labute approximate surface area is 85.6 Å². The number of hydrogen-bond acceptors (Lipinski definition) is 2. The molecule has 0 aliphatic carbocycles. The third-order valence-corrected chi connectivity index (χ3v) is 1.83. The molecule has 0 fully saturated rings. The van der Waals surface area contributed by atoms with Gasteiger partial charge in [0.1, 0.15) is 0 Å². The van der Waals surface area contributed by atoms with Crippen LogP contribution in [-0.4, -0.2) is 13.1 Å². The fraction of sp³-hybridized carbons (Fsp3) is 0.125. The van der Waals surface area contributed by atoms with Crippen molar-refractivity contribution in [1.82, 2.24) is 5.32 Å². The van der Waals surface area contributed by atoms with E-state index in [2.05, 4.69) is 5.32 Å². The second kappa shape index (κ2) is 4.35. The van der Waals surface area contributed by atoms with E-state index in [1.807, 2.05) is 0 Å². The number of hydrogen-bond donors (Lipinski definition) is 1. The first-order chi connectivity index (χ1) is 6.13. The van der Waals surface area contributed by atoms with Crippen LogP contribution >= 0.6 is 23.2 Å². The van der Waals surface area contributed by atoms with E-state index in [-0.39, 0.29) is 5.75 Å². The van der Waals surface area contributed by atoms with Gasteiger partial charge in [-0.15, -0.1) is 0 Å². The smallest absolute Gasteiger partial charge is 0.409 e. The number of benzene rings is 1. The summed E-state index contributed by atoms with van der Waals surface area (Å²) >= 11 is 11.4. The molecular formula is C8H7Cl2NO2. The van der Waals surface area contributed by atoms with Crippen LogP contribution in [-0.2, 0) is 0 Å². The van der Waals surface area contributed by atoms with E-state index >= 15 is 0 Å². The molecule has 0 aromatic heterocycles. The lowest BCUT2D eigenvalue weighted by atomic mass is 10.3. The summed E-state index contributed by atoms with van der Waals surface area (Å²) in [5.41, 5.74) is 0. The molecule has 0 unspecified atom stereocenters. The van der Waals surface area contributed by atoms with Crippen molar-refractivity contribution in [2.24, 2.45) is 0 Å². The fourth-order valence-electron chi connectivity index (χ4n) is 0.709. The molecule has 1 aromatic carbocycles. The van der Waals surface area contributed by atoms with Crippen LogP contribution in [0.2, 0.25) is 10.0 Å². The minimum absolute atomic E-state index is 0.283. The molecule has 0 aliphatic rings. The number of carbonyl (C=O) groups is 1. The van der Waals surface area contributed by atoms with Crippen LogP contribution in [0.5, 0.6) is 5.75 Å². The maximum absolute atomic E-state index is 10.8. The molecule has 1 rings (SSSR count). The van der Waals surface area contributed by atoms with Gasteiger partial charge in [0.15, 0.2) is 5.75 Å². The summed E-state index contributed by atoms with van der Waals surface area (Å²) in [6.07, 6.45) is -0.566. The van der Waals surface area contributed by atoms with Gasteiger partial charge in [-0.2, -0.15) is 0 Å². The van der Waals surface area contributed by atoms with Crippen LogP contribution in [0.4, 0.5) is 4.79 Å². The van der Waals surface area contributed by atoms with Crippen LogP contribution < -0.4 is 10.1 Å². The Bertz CT molecular complexity index is 328. The van der Waals surface area contributed by atoms with Crippen molar-refractivity contribution in [2.75, 3.05) is 7.05 Å². The standard InChI is InChI=1S/C8H7Cl2NO2/c1-11-8(12)13-7-3-2-5(9)4-6(7)10/h2-4H,1H3,(H,11,12). The molecule has 1 amide bonds. The van der Waals surface area contributed by atoms with Crippen molar-refractivity contribution in [3.63, 3.8) is 0 Å². The molecular weight excluding hydrogens is 213 g/mol. The third kappa shape index (κ3) is 2.79. The van der Waals surface area contributed by atoms with E-state index in [0.717, 1.165) is 0 Å². The lowest BCUT2D eigenvalue weighted by Gasteiger charge is -2.04. The van der Waals surface area contributed by atoms with Crippen LogP contribution in [0, 0.1) is 0 Å². The van der Waals surface area contributed by atoms with Crippen LogP contribution in [0.15, 0.2) is 18.2 Å². The van der Waals surface area contributed by atoms with E-state index in [9.17, 15) is 4.79 Å². The predicted octanol–water partition coefficient (Wildman–Crippen LogP) is 2.71. The average molecular weight is 220 g/mol. The molecule has 0 saturated carbocycles. The zero-order chi connectivity index (χ0) is 9.84. The van der Waals surface area contributed by atoms with Crippen molar-refractivity contribution < 1.29 is 9.53 Å². The van der Waals surface area contributed by atoms with Gasteiger partial charge < -0.3 is 10.1 Å². The first-order valence-corrected chi connectivity index (χ1v) is 4.23. The molecule has 0 bridgehead atoms. The van der Waals surface area contributed by atoms with Gasteiger partial charge in [0.2, 0.25) is 0 Å². The highest BCUT2D eigenvalue weighted by molar-refractivity contribution is 6.35. The van der Waals surface area contributed by atoms with Crippen molar-refractivity contribution in [3.8, 4) is 5.75 Å². The van der Waals surface area contributed by atoms with Crippen LogP contribution in [0.3, 0.4) is 0 Å². The van der Waals surface area contributed by atoms with E-state index in [4.69, 9.17) is 27.9 Å². The highest BCUT2D eigenvalue weighted by atomic mass is 35.5. The zero-order valence-corrected chi connectivity index (χ0v) is 8.32. The lowest BCUT2D eigenvalue weighted by Crippen LogP contribution is -2.22. The number of amides is 1.